The minimum absolute atomic E-state index is 0.139. The first-order valence-electron chi connectivity index (χ1n) is 6.74. The Labute approximate surface area is 119 Å². The highest BCUT2D eigenvalue weighted by atomic mass is 16.2. The standard InChI is InChI=1S/C15H21N3O2/c1-3-12(2)17-18-15(20)10-9-14(19)16-11-13-7-5-4-6-8-13/h4-8H,3,9-11H2,1-2H3,(H,16,19)(H,18,20)/b17-12+. The number of nitrogens with one attached hydrogen (secondary N) is 2. The van der Waals surface area contributed by atoms with Gasteiger partial charge in [0.15, 0.2) is 0 Å². The highest BCUT2D eigenvalue weighted by Gasteiger charge is 2.06. The van der Waals surface area contributed by atoms with E-state index in [0.717, 1.165) is 17.7 Å². The van der Waals surface area contributed by atoms with Crippen LogP contribution in [0.15, 0.2) is 35.4 Å². The second kappa shape index (κ2) is 8.85. The molecule has 0 aromatic heterocycles. The minimum Gasteiger partial charge on any atom is -0.352 e. The van der Waals surface area contributed by atoms with Crippen molar-refractivity contribution >= 4 is 17.5 Å². The lowest BCUT2D eigenvalue weighted by Gasteiger charge is -2.05. The van der Waals surface area contributed by atoms with E-state index in [9.17, 15) is 9.59 Å². The number of hydrogen-bond acceptors (Lipinski definition) is 3. The number of hydrazone groups is 1. The van der Waals surface area contributed by atoms with E-state index in [1.165, 1.54) is 0 Å². The normalized spacial score (nSPS) is 11.0. The molecule has 0 spiro atoms. The van der Waals surface area contributed by atoms with Gasteiger partial charge in [0.1, 0.15) is 0 Å². The van der Waals surface area contributed by atoms with E-state index < -0.39 is 0 Å². The Balaban J connectivity index is 2.21. The number of benzene rings is 1. The molecule has 0 bridgehead atoms. The Morgan fingerprint density at radius 3 is 2.40 bits per heavy atom. The van der Waals surface area contributed by atoms with Crippen molar-refractivity contribution in [1.82, 2.24) is 10.7 Å². The summed E-state index contributed by atoms with van der Waals surface area (Å²) in [5, 5.41) is 6.68. The van der Waals surface area contributed by atoms with Crippen LogP contribution in [0.2, 0.25) is 0 Å². The molecule has 0 heterocycles. The van der Waals surface area contributed by atoms with Gasteiger partial charge in [0, 0.05) is 25.1 Å². The van der Waals surface area contributed by atoms with Crippen LogP contribution in [0.4, 0.5) is 0 Å². The molecule has 2 amide bonds. The van der Waals surface area contributed by atoms with Crippen molar-refractivity contribution in [3.63, 3.8) is 0 Å². The fourth-order valence-corrected chi connectivity index (χ4v) is 1.40. The molecule has 5 heteroatoms. The third-order valence-electron chi connectivity index (χ3n) is 2.79. The van der Waals surface area contributed by atoms with Crippen LogP contribution < -0.4 is 10.7 Å². The largest absolute Gasteiger partial charge is 0.352 e. The van der Waals surface area contributed by atoms with Crippen molar-refractivity contribution in [2.75, 3.05) is 0 Å². The highest BCUT2D eigenvalue weighted by Crippen LogP contribution is 1.98. The first-order valence-corrected chi connectivity index (χ1v) is 6.74. The van der Waals surface area contributed by atoms with Crippen molar-refractivity contribution in [2.45, 2.75) is 39.7 Å². The summed E-state index contributed by atoms with van der Waals surface area (Å²) in [4.78, 5) is 23.0. The van der Waals surface area contributed by atoms with Crippen LogP contribution in [-0.4, -0.2) is 17.5 Å². The number of nitrogens with zero attached hydrogens (tertiary/aromatic N) is 1. The van der Waals surface area contributed by atoms with E-state index in [-0.39, 0.29) is 24.7 Å². The van der Waals surface area contributed by atoms with Gasteiger partial charge in [-0.1, -0.05) is 37.3 Å². The first kappa shape index (κ1) is 15.9. The van der Waals surface area contributed by atoms with Crippen LogP contribution in [0.1, 0.15) is 38.7 Å². The summed E-state index contributed by atoms with van der Waals surface area (Å²) < 4.78 is 0. The number of hydrogen-bond donors (Lipinski definition) is 2. The molecular formula is C15H21N3O2. The average molecular weight is 275 g/mol. The van der Waals surface area contributed by atoms with Crippen LogP contribution in [0.5, 0.6) is 0 Å². The molecule has 1 rings (SSSR count). The second-order valence-electron chi connectivity index (χ2n) is 4.50. The Kier molecular flexibility index (Phi) is 7.03. The predicted octanol–water partition coefficient (Wildman–Crippen LogP) is 1.99. The monoisotopic (exact) mass is 275 g/mol. The molecule has 0 aliphatic heterocycles. The molecule has 0 aliphatic rings. The topological polar surface area (TPSA) is 70.6 Å². The van der Waals surface area contributed by atoms with Crippen LogP contribution in [0, 0.1) is 0 Å². The summed E-state index contributed by atoms with van der Waals surface area (Å²) in [6.07, 6.45) is 1.10. The minimum atomic E-state index is -0.243. The molecule has 1 aromatic carbocycles. The summed E-state index contributed by atoms with van der Waals surface area (Å²) >= 11 is 0. The summed E-state index contributed by atoms with van der Waals surface area (Å²) in [7, 11) is 0. The van der Waals surface area contributed by atoms with Crippen LogP contribution >= 0.6 is 0 Å². The maximum atomic E-state index is 11.6. The zero-order chi connectivity index (χ0) is 14.8. The zero-order valence-corrected chi connectivity index (χ0v) is 12.0. The number of carbonyl (C=O) groups excluding carboxylic acids is 2. The van der Waals surface area contributed by atoms with Crippen molar-refractivity contribution < 1.29 is 9.59 Å². The van der Waals surface area contributed by atoms with Gasteiger partial charge in [-0.25, -0.2) is 5.43 Å². The van der Waals surface area contributed by atoms with Gasteiger partial charge in [0.05, 0.1) is 0 Å². The van der Waals surface area contributed by atoms with Crippen LogP contribution in [-0.2, 0) is 16.1 Å². The van der Waals surface area contributed by atoms with E-state index in [2.05, 4.69) is 15.8 Å². The van der Waals surface area contributed by atoms with Gasteiger partial charge in [-0.3, -0.25) is 9.59 Å². The second-order valence-corrected chi connectivity index (χ2v) is 4.50. The van der Waals surface area contributed by atoms with Crippen LogP contribution in [0.25, 0.3) is 0 Å². The molecule has 1 aromatic rings. The average Bonchev–Trinajstić information content (AvgIpc) is 2.49. The lowest BCUT2D eigenvalue weighted by Crippen LogP contribution is -2.25. The Hall–Kier alpha value is -2.17. The third-order valence-corrected chi connectivity index (χ3v) is 2.79. The first-order chi connectivity index (χ1) is 9.61. The Morgan fingerprint density at radius 2 is 1.75 bits per heavy atom. The van der Waals surface area contributed by atoms with E-state index in [0.29, 0.717) is 6.54 Å². The van der Waals surface area contributed by atoms with E-state index in [1.807, 2.05) is 44.2 Å². The van der Waals surface area contributed by atoms with Gasteiger partial charge in [0.2, 0.25) is 11.8 Å². The Bertz CT molecular complexity index is 469. The molecule has 0 saturated carbocycles. The molecule has 0 radical (unpaired) electrons. The summed E-state index contributed by atoms with van der Waals surface area (Å²) in [5.41, 5.74) is 4.32. The maximum absolute atomic E-state index is 11.6. The summed E-state index contributed by atoms with van der Waals surface area (Å²) in [6.45, 7) is 4.28. The van der Waals surface area contributed by atoms with Crippen molar-refractivity contribution in [1.29, 1.82) is 0 Å². The molecule has 0 saturated heterocycles. The van der Waals surface area contributed by atoms with E-state index in [1.54, 1.807) is 0 Å². The molecule has 2 N–H and O–H groups in total. The van der Waals surface area contributed by atoms with Gasteiger partial charge in [0.25, 0.3) is 0 Å². The zero-order valence-electron chi connectivity index (χ0n) is 12.0. The van der Waals surface area contributed by atoms with E-state index in [4.69, 9.17) is 0 Å². The molecule has 20 heavy (non-hydrogen) atoms. The maximum Gasteiger partial charge on any atom is 0.240 e. The van der Waals surface area contributed by atoms with Crippen molar-refractivity contribution in [3.8, 4) is 0 Å². The SMILES string of the molecule is CC/C(C)=N/NC(=O)CCC(=O)NCc1ccccc1. The molecular weight excluding hydrogens is 254 g/mol. The lowest BCUT2D eigenvalue weighted by atomic mass is 10.2. The fourth-order valence-electron chi connectivity index (χ4n) is 1.40. The number of amides is 2. The molecule has 0 aliphatic carbocycles. The van der Waals surface area contributed by atoms with Crippen LogP contribution in [0.3, 0.4) is 0 Å². The van der Waals surface area contributed by atoms with Gasteiger partial charge < -0.3 is 5.32 Å². The molecule has 108 valence electrons. The van der Waals surface area contributed by atoms with Gasteiger partial charge in [-0.15, -0.1) is 0 Å². The van der Waals surface area contributed by atoms with Crippen molar-refractivity contribution in [3.05, 3.63) is 35.9 Å². The van der Waals surface area contributed by atoms with Gasteiger partial charge in [-0.2, -0.15) is 5.10 Å². The summed E-state index contributed by atoms with van der Waals surface area (Å²) in [5.74, 6) is -0.382. The number of carbonyl (C=O) groups is 2. The fraction of sp³-hybridized carbons (Fsp3) is 0.400. The highest BCUT2D eigenvalue weighted by molar-refractivity contribution is 5.86. The van der Waals surface area contributed by atoms with Gasteiger partial charge >= 0.3 is 0 Å². The predicted molar refractivity (Wildman–Crippen MR) is 79.1 cm³/mol. The molecule has 0 fully saturated rings. The number of rotatable bonds is 7. The smallest absolute Gasteiger partial charge is 0.240 e. The molecule has 5 nitrogen and oxygen atoms in total. The lowest BCUT2D eigenvalue weighted by molar-refractivity contribution is -0.126. The quantitative estimate of drug-likeness (QED) is 0.590. The molecule has 0 atom stereocenters. The van der Waals surface area contributed by atoms with E-state index >= 15 is 0 Å². The third kappa shape index (κ3) is 6.68. The van der Waals surface area contributed by atoms with Crippen molar-refractivity contribution in [2.24, 2.45) is 5.10 Å². The van der Waals surface area contributed by atoms with Gasteiger partial charge in [-0.05, 0) is 18.9 Å². The Morgan fingerprint density at radius 1 is 1.10 bits per heavy atom. The molecule has 0 unspecified atom stereocenters. The summed E-state index contributed by atoms with van der Waals surface area (Å²) in [6, 6.07) is 9.64.